The second-order valence-electron chi connectivity index (χ2n) is 8.47. The maximum absolute atomic E-state index is 14.6. The van der Waals surface area contributed by atoms with Crippen molar-refractivity contribution >= 4 is 5.91 Å². The van der Waals surface area contributed by atoms with Gasteiger partial charge in [-0.1, -0.05) is 6.07 Å². The molecule has 1 amide bonds. The number of nitrogens with zero attached hydrogens (tertiary/aromatic N) is 1. The number of hydrogen-bond donors (Lipinski definition) is 2. The molecule has 0 aliphatic carbocycles. The van der Waals surface area contributed by atoms with Gasteiger partial charge in [-0.3, -0.25) is 4.79 Å². The zero-order chi connectivity index (χ0) is 25.2. The topological polar surface area (TPSA) is 99.1 Å². The van der Waals surface area contributed by atoms with Crippen LogP contribution in [-0.2, 0) is 6.54 Å². The van der Waals surface area contributed by atoms with Crippen LogP contribution < -0.4 is 24.3 Å². The fourth-order valence-electron chi connectivity index (χ4n) is 3.09. The first kappa shape index (κ1) is 24.2. The lowest BCUT2D eigenvalue weighted by Gasteiger charge is -2.26. The number of halogens is 2. The van der Waals surface area contributed by atoms with E-state index in [4.69, 9.17) is 18.9 Å². The summed E-state index contributed by atoms with van der Waals surface area (Å²) in [5.74, 6) is -0.617. The third-order valence-electron chi connectivity index (χ3n) is 5.39. The minimum Gasteiger partial charge on any atom is -0.488 e. The van der Waals surface area contributed by atoms with E-state index in [-0.39, 0.29) is 36.1 Å². The van der Waals surface area contributed by atoms with Gasteiger partial charge in [0.25, 0.3) is 5.91 Å². The maximum Gasteiger partial charge on any atom is 0.257 e. The maximum atomic E-state index is 14.6. The summed E-state index contributed by atoms with van der Waals surface area (Å²) in [5, 5.41) is 12.5. The van der Waals surface area contributed by atoms with Gasteiger partial charge in [0, 0.05) is 24.2 Å². The van der Waals surface area contributed by atoms with E-state index in [1.807, 2.05) is 0 Å². The third kappa shape index (κ3) is 5.78. The first-order chi connectivity index (χ1) is 16.6. The number of amides is 1. The number of pyridine rings is 1. The van der Waals surface area contributed by atoms with Crippen molar-refractivity contribution < 1.29 is 37.6 Å². The second kappa shape index (κ2) is 9.75. The van der Waals surface area contributed by atoms with Gasteiger partial charge in [0.2, 0.25) is 12.7 Å². The lowest BCUT2D eigenvalue weighted by Crippen LogP contribution is -2.37. The molecule has 4 rings (SSSR count). The van der Waals surface area contributed by atoms with Gasteiger partial charge in [-0.2, -0.15) is 0 Å². The second-order valence-corrected chi connectivity index (χ2v) is 8.47. The highest BCUT2D eigenvalue weighted by Crippen LogP contribution is 2.36. The highest BCUT2D eigenvalue weighted by atomic mass is 19.1. The van der Waals surface area contributed by atoms with E-state index in [0.717, 1.165) is 12.3 Å². The molecule has 0 spiro atoms. The molecule has 2 N–H and O–H groups in total. The molecule has 2 heterocycles. The molecule has 3 aromatic rings. The quantitative estimate of drug-likeness (QED) is 0.488. The van der Waals surface area contributed by atoms with Crippen LogP contribution in [0.3, 0.4) is 0 Å². The molecule has 0 radical (unpaired) electrons. The summed E-state index contributed by atoms with van der Waals surface area (Å²) >= 11 is 0. The predicted molar refractivity (Wildman–Crippen MR) is 121 cm³/mol. The molecule has 0 unspecified atom stereocenters. The highest BCUT2D eigenvalue weighted by molar-refractivity contribution is 5.96. The van der Waals surface area contributed by atoms with Gasteiger partial charge in [-0.25, -0.2) is 13.8 Å². The van der Waals surface area contributed by atoms with E-state index in [1.165, 1.54) is 18.2 Å². The smallest absolute Gasteiger partial charge is 0.257 e. The van der Waals surface area contributed by atoms with Crippen molar-refractivity contribution in [2.45, 2.75) is 39.0 Å². The number of carbonyl (C=O) groups is 1. The van der Waals surface area contributed by atoms with Gasteiger partial charge < -0.3 is 29.4 Å². The number of carbonyl (C=O) groups excluding carboxylic acids is 1. The Bertz CT molecular complexity index is 1250. The zero-order valence-corrected chi connectivity index (χ0v) is 19.3. The Morgan fingerprint density at radius 1 is 1.14 bits per heavy atom. The van der Waals surface area contributed by atoms with Crippen molar-refractivity contribution in [3.8, 4) is 28.9 Å². The summed E-state index contributed by atoms with van der Waals surface area (Å²) in [6.45, 7) is 4.75. The van der Waals surface area contributed by atoms with Crippen LogP contribution in [0.2, 0.25) is 0 Å². The minimum atomic E-state index is -1.11. The van der Waals surface area contributed by atoms with Crippen LogP contribution in [0.4, 0.5) is 8.78 Å². The van der Waals surface area contributed by atoms with Gasteiger partial charge in [-0.05, 0) is 45.0 Å². The highest BCUT2D eigenvalue weighted by Gasteiger charge is 2.24. The zero-order valence-electron chi connectivity index (χ0n) is 19.3. The van der Waals surface area contributed by atoms with Crippen molar-refractivity contribution in [2.24, 2.45) is 0 Å². The molecule has 184 valence electrons. The molecule has 1 aromatic heterocycles. The van der Waals surface area contributed by atoms with Crippen LogP contribution in [0.5, 0.6) is 28.9 Å². The molecule has 1 atom stereocenters. The average Bonchev–Trinajstić information content (AvgIpc) is 3.27. The predicted octanol–water partition coefficient (Wildman–Crippen LogP) is 4.35. The lowest BCUT2D eigenvalue weighted by molar-refractivity contribution is -0.0242. The van der Waals surface area contributed by atoms with Crippen molar-refractivity contribution in [2.75, 3.05) is 6.79 Å². The summed E-state index contributed by atoms with van der Waals surface area (Å²) in [5.41, 5.74) is -1.09. The van der Waals surface area contributed by atoms with Crippen LogP contribution in [0.15, 0.2) is 48.7 Å². The van der Waals surface area contributed by atoms with Crippen LogP contribution >= 0.6 is 0 Å². The molecule has 0 saturated heterocycles. The number of ether oxygens (including phenoxy) is 4. The molecule has 0 saturated carbocycles. The number of fused-ring (bicyclic) bond motifs is 1. The van der Waals surface area contributed by atoms with Crippen LogP contribution in [0.25, 0.3) is 0 Å². The summed E-state index contributed by atoms with van der Waals surface area (Å²) in [4.78, 5) is 16.7. The Morgan fingerprint density at radius 2 is 1.89 bits per heavy atom. The Morgan fingerprint density at radius 3 is 2.63 bits per heavy atom. The van der Waals surface area contributed by atoms with Gasteiger partial charge in [0.05, 0.1) is 11.8 Å². The third-order valence-corrected chi connectivity index (χ3v) is 5.39. The molecule has 0 bridgehead atoms. The molecule has 35 heavy (non-hydrogen) atoms. The normalized spacial score (nSPS) is 13.3. The number of aliphatic hydroxyl groups is 1. The summed E-state index contributed by atoms with van der Waals surface area (Å²) in [6.07, 6.45) is 0.350. The first-order valence-electron chi connectivity index (χ1n) is 10.8. The Kier molecular flexibility index (Phi) is 6.74. The van der Waals surface area contributed by atoms with Crippen molar-refractivity contribution in [1.29, 1.82) is 0 Å². The minimum absolute atomic E-state index is 0.0867. The molecular weight excluding hydrogens is 462 g/mol. The summed E-state index contributed by atoms with van der Waals surface area (Å²) in [7, 11) is 0. The van der Waals surface area contributed by atoms with Crippen molar-refractivity contribution in [1.82, 2.24) is 10.3 Å². The van der Waals surface area contributed by atoms with Crippen molar-refractivity contribution in [3.05, 3.63) is 71.4 Å². The van der Waals surface area contributed by atoms with Crippen molar-refractivity contribution in [3.63, 3.8) is 0 Å². The standard InChI is InChI=1S/C25H24F2N2O6/c1-14(25(2,3)31)34-17-5-4-15(20(27)9-17)11-28-23(30)19-8-16(26)12-29-24(19)35-18-6-7-21-22(10-18)33-13-32-21/h4-10,12,14,31H,11,13H2,1-3H3,(H,28,30)/t14-/m1/s1. The summed E-state index contributed by atoms with van der Waals surface area (Å²) in [6, 6.07) is 9.93. The molecule has 10 heteroatoms. The molecule has 1 aliphatic rings. The molecular formula is C25H24F2N2O6. The van der Waals surface area contributed by atoms with Gasteiger partial charge in [0.15, 0.2) is 11.5 Å². The number of hydrogen-bond acceptors (Lipinski definition) is 7. The average molecular weight is 486 g/mol. The molecule has 0 fully saturated rings. The van der Waals surface area contributed by atoms with Gasteiger partial charge in [0.1, 0.15) is 34.8 Å². The fourth-order valence-corrected chi connectivity index (χ4v) is 3.09. The Labute approximate surface area is 200 Å². The lowest BCUT2D eigenvalue weighted by atomic mass is 10.0. The molecule has 2 aromatic carbocycles. The van der Waals surface area contributed by atoms with E-state index < -0.39 is 29.2 Å². The van der Waals surface area contributed by atoms with Crippen LogP contribution in [0, 0.1) is 11.6 Å². The van der Waals surface area contributed by atoms with Crippen LogP contribution in [-0.4, -0.2) is 34.5 Å². The largest absolute Gasteiger partial charge is 0.488 e. The number of rotatable bonds is 8. The van der Waals surface area contributed by atoms with E-state index in [0.29, 0.717) is 17.2 Å². The monoisotopic (exact) mass is 486 g/mol. The van der Waals surface area contributed by atoms with Crippen LogP contribution in [0.1, 0.15) is 36.7 Å². The van der Waals surface area contributed by atoms with E-state index >= 15 is 0 Å². The fraction of sp³-hybridized carbons (Fsp3) is 0.280. The van der Waals surface area contributed by atoms with E-state index in [1.54, 1.807) is 39.0 Å². The molecule has 8 nitrogen and oxygen atoms in total. The Hall–Kier alpha value is -3.92. The Balaban J connectivity index is 1.45. The van der Waals surface area contributed by atoms with Gasteiger partial charge in [-0.15, -0.1) is 0 Å². The first-order valence-corrected chi connectivity index (χ1v) is 10.8. The SMILES string of the molecule is C[C@@H](Oc1ccc(CNC(=O)c2cc(F)cnc2Oc2ccc3c(c2)OCO3)c(F)c1)C(C)(C)O. The van der Waals surface area contributed by atoms with E-state index in [2.05, 4.69) is 10.3 Å². The number of aromatic nitrogens is 1. The summed E-state index contributed by atoms with van der Waals surface area (Å²) < 4.78 is 50.2. The molecule has 1 aliphatic heterocycles. The van der Waals surface area contributed by atoms with Gasteiger partial charge >= 0.3 is 0 Å². The number of nitrogens with one attached hydrogen (secondary N) is 1. The number of benzene rings is 2. The van der Waals surface area contributed by atoms with E-state index in [9.17, 15) is 18.7 Å².